The number of fused-ring (bicyclic) bond motifs is 1. The van der Waals surface area contributed by atoms with Crippen molar-refractivity contribution >= 4 is 17.5 Å². The summed E-state index contributed by atoms with van der Waals surface area (Å²) in [6.07, 6.45) is 4.25. The summed E-state index contributed by atoms with van der Waals surface area (Å²) in [6, 6.07) is 8.14. The van der Waals surface area contributed by atoms with Crippen LogP contribution in [0.1, 0.15) is 43.0 Å². The second kappa shape index (κ2) is 8.27. The minimum atomic E-state index is -0.0323. The summed E-state index contributed by atoms with van der Waals surface area (Å²) in [5.41, 5.74) is 4.32. The number of ether oxygens (including phenoxy) is 1. The van der Waals surface area contributed by atoms with Gasteiger partial charge in [-0.3, -0.25) is 4.79 Å². The monoisotopic (exact) mass is 380 g/mol. The molecule has 0 spiro atoms. The number of hydrogen-bond acceptors (Lipinski definition) is 5. The molecular formula is C22H28N4O2. The van der Waals surface area contributed by atoms with Gasteiger partial charge in [0.1, 0.15) is 0 Å². The molecule has 1 amide bonds. The van der Waals surface area contributed by atoms with Gasteiger partial charge in [-0.2, -0.15) is 0 Å². The molecule has 148 valence electrons. The quantitative estimate of drug-likeness (QED) is 0.882. The number of carbonyl (C=O) groups is 1. The molecule has 2 heterocycles. The van der Waals surface area contributed by atoms with Gasteiger partial charge in [0.25, 0.3) is 0 Å². The Labute approximate surface area is 166 Å². The Morgan fingerprint density at radius 2 is 1.96 bits per heavy atom. The number of nitrogens with zero attached hydrogens (tertiary/aromatic N) is 3. The maximum absolute atomic E-state index is 12.7. The van der Waals surface area contributed by atoms with Crippen LogP contribution in [-0.2, 0) is 22.4 Å². The van der Waals surface area contributed by atoms with Crippen LogP contribution in [0.5, 0.6) is 0 Å². The van der Waals surface area contributed by atoms with E-state index in [0.29, 0.717) is 12.3 Å². The van der Waals surface area contributed by atoms with Gasteiger partial charge in [0, 0.05) is 36.6 Å². The molecule has 1 saturated heterocycles. The van der Waals surface area contributed by atoms with Crippen molar-refractivity contribution in [2.75, 3.05) is 36.5 Å². The molecule has 0 bridgehead atoms. The topological polar surface area (TPSA) is 67.4 Å². The highest BCUT2D eigenvalue weighted by atomic mass is 16.5. The van der Waals surface area contributed by atoms with E-state index >= 15 is 0 Å². The molecule has 1 aromatic heterocycles. The highest BCUT2D eigenvalue weighted by Gasteiger charge is 2.27. The molecule has 2 aromatic rings. The molecule has 2 aliphatic rings. The summed E-state index contributed by atoms with van der Waals surface area (Å²) in [5.74, 6) is 1.33. The number of morpholine rings is 1. The van der Waals surface area contributed by atoms with Crippen molar-refractivity contribution in [2.45, 2.75) is 39.0 Å². The van der Waals surface area contributed by atoms with Gasteiger partial charge in [-0.25, -0.2) is 9.97 Å². The number of benzene rings is 1. The smallest absolute Gasteiger partial charge is 0.227 e. The molecule has 6 nitrogen and oxygen atoms in total. The Hall–Kier alpha value is -2.47. The van der Waals surface area contributed by atoms with E-state index in [1.54, 1.807) is 0 Å². The molecule has 1 aromatic carbocycles. The number of rotatable bonds is 4. The lowest BCUT2D eigenvalue weighted by molar-refractivity contribution is -0.120. The summed E-state index contributed by atoms with van der Waals surface area (Å²) in [6.45, 7) is 7.44. The minimum absolute atomic E-state index is 0.0323. The van der Waals surface area contributed by atoms with E-state index in [9.17, 15) is 4.79 Å². The Kier molecular flexibility index (Phi) is 5.57. The third-order valence-electron chi connectivity index (χ3n) is 5.65. The van der Waals surface area contributed by atoms with Crippen molar-refractivity contribution in [2.24, 2.45) is 5.92 Å². The predicted octanol–water partition coefficient (Wildman–Crippen LogP) is 3.18. The van der Waals surface area contributed by atoms with Crippen molar-refractivity contribution < 1.29 is 9.53 Å². The Morgan fingerprint density at radius 1 is 1.21 bits per heavy atom. The maximum atomic E-state index is 12.7. The zero-order valence-corrected chi connectivity index (χ0v) is 16.6. The minimum Gasteiger partial charge on any atom is -0.378 e. The molecule has 1 N–H and O–H groups in total. The first-order chi connectivity index (χ1) is 13.6. The highest BCUT2D eigenvalue weighted by molar-refractivity contribution is 5.92. The van der Waals surface area contributed by atoms with Gasteiger partial charge in [-0.05, 0) is 48.4 Å². The number of anilines is 2. The fourth-order valence-electron chi connectivity index (χ4n) is 3.83. The van der Waals surface area contributed by atoms with Crippen LogP contribution >= 0.6 is 0 Å². The molecule has 1 fully saturated rings. The van der Waals surface area contributed by atoms with E-state index in [1.807, 2.05) is 18.3 Å². The second-order valence-corrected chi connectivity index (χ2v) is 7.95. The summed E-state index contributed by atoms with van der Waals surface area (Å²) >= 11 is 0. The van der Waals surface area contributed by atoms with Crippen molar-refractivity contribution in [3.63, 3.8) is 0 Å². The molecule has 1 atom stereocenters. The van der Waals surface area contributed by atoms with Gasteiger partial charge in [0.2, 0.25) is 11.9 Å². The van der Waals surface area contributed by atoms with Crippen molar-refractivity contribution in [3.8, 4) is 0 Å². The average molecular weight is 380 g/mol. The Balaban J connectivity index is 1.39. The number of amides is 1. The van der Waals surface area contributed by atoms with E-state index < -0.39 is 0 Å². The van der Waals surface area contributed by atoms with Gasteiger partial charge in [-0.1, -0.05) is 26.0 Å². The first-order valence-electron chi connectivity index (χ1n) is 10.2. The summed E-state index contributed by atoms with van der Waals surface area (Å²) < 4.78 is 5.40. The molecule has 28 heavy (non-hydrogen) atoms. The van der Waals surface area contributed by atoms with E-state index in [-0.39, 0.29) is 11.8 Å². The van der Waals surface area contributed by atoms with Gasteiger partial charge in [-0.15, -0.1) is 0 Å². The zero-order valence-electron chi connectivity index (χ0n) is 16.6. The second-order valence-electron chi connectivity index (χ2n) is 7.95. The maximum Gasteiger partial charge on any atom is 0.227 e. The molecule has 4 rings (SSSR count). The van der Waals surface area contributed by atoms with Crippen molar-refractivity contribution in [1.82, 2.24) is 9.97 Å². The van der Waals surface area contributed by atoms with Crippen LogP contribution in [0.4, 0.5) is 11.6 Å². The first kappa shape index (κ1) is 18.9. The standard InChI is InChI=1S/C22H28N4O2/c1-15(2)16-3-6-19(7-4-16)24-21(27)17-5-8-20-18(13-17)14-23-22(25-20)26-9-11-28-12-10-26/h3-4,6-7,14-15,17H,5,8-13H2,1-2H3,(H,24,27)/t17-/m0/s1. The molecule has 0 saturated carbocycles. The van der Waals surface area contributed by atoms with Crippen LogP contribution in [0.25, 0.3) is 0 Å². The normalized spacial score (nSPS) is 19.4. The number of nitrogens with one attached hydrogen (secondary N) is 1. The summed E-state index contributed by atoms with van der Waals surface area (Å²) in [4.78, 5) is 24.2. The Morgan fingerprint density at radius 3 is 2.68 bits per heavy atom. The molecule has 1 aliphatic heterocycles. The Bertz CT molecular complexity index is 829. The van der Waals surface area contributed by atoms with Gasteiger partial charge >= 0.3 is 0 Å². The fourth-order valence-corrected chi connectivity index (χ4v) is 3.83. The summed E-state index contributed by atoms with van der Waals surface area (Å²) in [5, 5.41) is 3.07. The van der Waals surface area contributed by atoms with Crippen LogP contribution in [0.2, 0.25) is 0 Å². The molecule has 6 heteroatoms. The third-order valence-corrected chi connectivity index (χ3v) is 5.65. The molecule has 1 aliphatic carbocycles. The number of aryl methyl sites for hydroxylation is 1. The van der Waals surface area contributed by atoms with Gasteiger partial charge < -0.3 is 15.0 Å². The van der Waals surface area contributed by atoms with Crippen LogP contribution in [0.3, 0.4) is 0 Å². The molecule has 0 unspecified atom stereocenters. The number of aromatic nitrogens is 2. The van der Waals surface area contributed by atoms with Crippen LogP contribution < -0.4 is 10.2 Å². The van der Waals surface area contributed by atoms with Crippen LogP contribution in [0, 0.1) is 5.92 Å². The lowest BCUT2D eigenvalue weighted by atomic mass is 9.86. The molecular weight excluding hydrogens is 352 g/mol. The van der Waals surface area contributed by atoms with Gasteiger partial charge in [0.05, 0.1) is 13.2 Å². The van der Waals surface area contributed by atoms with Crippen LogP contribution in [0.15, 0.2) is 30.5 Å². The van der Waals surface area contributed by atoms with Crippen molar-refractivity contribution in [3.05, 3.63) is 47.3 Å². The van der Waals surface area contributed by atoms with E-state index in [1.165, 1.54) is 5.56 Å². The largest absolute Gasteiger partial charge is 0.378 e. The lowest BCUT2D eigenvalue weighted by Crippen LogP contribution is -2.38. The number of hydrogen-bond donors (Lipinski definition) is 1. The van der Waals surface area contributed by atoms with E-state index in [4.69, 9.17) is 9.72 Å². The first-order valence-corrected chi connectivity index (χ1v) is 10.2. The zero-order chi connectivity index (χ0) is 19.5. The predicted molar refractivity (Wildman–Crippen MR) is 110 cm³/mol. The molecule has 0 radical (unpaired) electrons. The SMILES string of the molecule is CC(C)c1ccc(NC(=O)[C@H]2CCc3nc(N4CCOCC4)ncc3C2)cc1. The third kappa shape index (κ3) is 4.17. The van der Waals surface area contributed by atoms with Crippen molar-refractivity contribution in [1.29, 1.82) is 0 Å². The lowest BCUT2D eigenvalue weighted by Gasteiger charge is -2.28. The van der Waals surface area contributed by atoms with E-state index in [0.717, 1.165) is 62.0 Å². The fraction of sp³-hybridized carbons (Fsp3) is 0.500. The van der Waals surface area contributed by atoms with Crippen LogP contribution in [-0.4, -0.2) is 42.2 Å². The summed E-state index contributed by atoms with van der Waals surface area (Å²) in [7, 11) is 0. The number of carbonyl (C=O) groups excluding carboxylic acids is 1. The average Bonchev–Trinajstić information content (AvgIpc) is 2.74. The van der Waals surface area contributed by atoms with E-state index in [2.05, 4.69) is 41.2 Å². The van der Waals surface area contributed by atoms with Gasteiger partial charge in [0.15, 0.2) is 0 Å². The highest BCUT2D eigenvalue weighted by Crippen LogP contribution is 2.27.